The highest BCUT2D eigenvalue weighted by Crippen LogP contribution is 2.51. The van der Waals surface area contributed by atoms with E-state index in [9.17, 15) is 28.8 Å². The number of nitrogens with zero attached hydrogens (tertiary/aromatic N) is 1. The van der Waals surface area contributed by atoms with Crippen molar-refractivity contribution < 1.29 is 33.4 Å². The van der Waals surface area contributed by atoms with Crippen LogP contribution in [0.15, 0.2) is 28.7 Å². The van der Waals surface area contributed by atoms with Crippen LogP contribution >= 0.6 is 23.3 Å². The SMILES string of the molecule is CCOP(=O)(CC(CC(C)C)C(=O)N[C@@H](CC(C)C)C(=O)NC)CN1C(=O)c2cccc3c(O)c(Br)cc(c23)C1=O. The molecule has 0 bridgehead atoms. The van der Waals surface area contributed by atoms with Gasteiger partial charge in [-0.25, -0.2) is 0 Å². The molecule has 12 heteroatoms. The molecule has 0 radical (unpaired) electrons. The van der Waals surface area contributed by atoms with E-state index in [-0.39, 0.29) is 51.9 Å². The molecule has 0 saturated heterocycles. The van der Waals surface area contributed by atoms with Crippen molar-refractivity contribution in [2.45, 2.75) is 53.5 Å². The Balaban J connectivity index is 1.95. The van der Waals surface area contributed by atoms with Gasteiger partial charge in [0.05, 0.1) is 16.6 Å². The summed E-state index contributed by atoms with van der Waals surface area (Å²) in [6.45, 7) is 9.45. The lowest BCUT2D eigenvalue weighted by atomic mass is 9.94. The zero-order chi connectivity index (χ0) is 30.6. The first-order chi connectivity index (χ1) is 19.2. The summed E-state index contributed by atoms with van der Waals surface area (Å²) < 4.78 is 20.3. The van der Waals surface area contributed by atoms with Crippen molar-refractivity contribution in [3.63, 3.8) is 0 Å². The first kappa shape index (κ1) is 32.8. The predicted molar refractivity (Wildman–Crippen MR) is 161 cm³/mol. The number of hydrogen-bond donors (Lipinski definition) is 3. The van der Waals surface area contributed by atoms with Crippen LogP contribution < -0.4 is 10.6 Å². The molecule has 2 unspecified atom stereocenters. The second-order valence-electron chi connectivity index (χ2n) is 11.2. The number of phenols is 1. The average molecular weight is 653 g/mol. The highest BCUT2D eigenvalue weighted by Gasteiger charge is 2.41. The van der Waals surface area contributed by atoms with E-state index in [1.54, 1.807) is 25.1 Å². The van der Waals surface area contributed by atoms with E-state index in [1.807, 2.05) is 27.7 Å². The average Bonchev–Trinajstić information content (AvgIpc) is 2.90. The summed E-state index contributed by atoms with van der Waals surface area (Å²) in [5.41, 5.74) is 0.378. The van der Waals surface area contributed by atoms with Crippen molar-refractivity contribution in [3.8, 4) is 5.75 Å². The maximum atomic E-state index is 14.3. The van der Waals surface area contributed by atoms with Crippen molar-refractivity contribution in [2.24, 2.45) is 17.8 Å². The Hall–Kier alpha value is -2.75. The number of likely N-dealkylation sites (N-methyl/N-ethyl adjacent to an activating group) is 1. The number of imide groups is 1. The monoisotopic (exact) mass is 651 g/mol. The number of rotatable bonds is 13. The van der Waals surface area contributed by atoms with E-state index < -0.39 is 43.3 Å². The minimum atomic E-state index is -3.78. The summed E-state index contributed by atoms with van der Waals surface area (Å²) >= 11 is 3.27. The molecule has 41 heavy (non-hydrogen) atoms. The number of benzene rings is 2. The van der Waals surface area contributed by atoms with E-state index in [4.69, 9.17) is 4.52 Å². The molecule has 224 valence electrons. The Morgan fingerprint density at radius 1 is 1.05 bits per heavy atom. The minimum Gasteiger partial charge on any atom is -0.506 e. The van der Waals surface area contributed by atoms with E-state index in [0.717, 1.165) is 4.90 Å². The molecule has 3 N–H and O–H groups in total. The molecule has 10 nitrogen and oxygen atoms in total. The Morgan fingerprint density at radius 3 is 2.27 bits per heavy atom. The number of carbonyl (C=O) groups excluding carboxylic acids is 4. The van der Waals surface area contributed by atoms with Crippen molar-refractivity contribution in [2.75, 3.05) is 26.1 Å². The van der Waals surface area contributed by atoms with Gasteiger partial charge in [0.2, 0.25) is 19.2 Å². The van der Waals surface area contributed by atoms with Crippen LogP contribution in [0.2, 0.25) is 0 Å². The molecule has 0 fully saturated rings. The quantitative estimate of drug-likeness (QED) is 0.202. The summed E-state index contributed by atoms with van der Waals surface area (Å²) in [7, 11) is -2.28. The molecule has 0 aromatic heterocycles. The van der Waals surface area contributed by atoms with E-state index in [2.05, 4.69) is 26.6 Å². The van der Waals surface area contributed by atoms with Crippen LogP contribution in [0.1, 0.15) is 68.2 Å². The third-order valence-corrected chi connectivity index (χ3v) is 10.0. The van der Waals surface area contributed by atoms with E-state index in [1.165, 1.54) is 13.1 Å². The van der Waals surface area contributed by atoms with Crippen LogP contribution in [-0.4, -0.2) is 65.8 Å². The van der Waals surface area contributed by atoms with Gasteiger partial charge in [-0.2, -0.15) is 0 Å². The van der Waals surface area contributed by atoms with Gasteiger partial charge in [-0.1, -0.05) is 39.8 Å². The normalized spacial score (nSPS) is 16.2. The first-order valence-corrected chi connectivity index (χ1v) is 16.6. The number of nitrogens with one attached hydrogen (secondary N) is 2. The van der Waals surface area contributed by atoms with Crippen molar-refractivity contribution in [1.82, 2.24) is 15.5 Å². The summed E-state index contributed by atoms with van der Waals surface area (Å²) in [5, 5.41) is 16.6. The van der Waals surface area contributed by atoms with Gasteiger partial charge in [0.15, 0.2) is 0 Å². The van der Waals surface area contributed by atoms with Gasteiger partial charge >= 0.3 is 0 Å². The summed E-state index contributed by atoms with van der Waals surface area (Å²) in [6.07, 6.45) is 0.0665. The lowest BCUT2D eigenvalue weighted by molar-refractivity contribution is -0.131. The maximum Gasteiger partial charge on any atom is 0.261 e. The minimum absolute atomic E-state index is 0.0450. The third-order valence-electron chi connectivity index (χ3n) is 6.97. The maximum absolute atomic E-state index is 14.3. The Morgan fingerprint density at radius 2 is 1.68 bits per heavy atom. The number of hydrogen-bond acceptors (Lipinski definition) is 7. The molecule has 2 aromatic rings. The van der Waals surface area contributed by atoms with E-state index in [0.29, 0.717) is 23.6 Å². The van der Waals surface area contributed by atoms with Gasteiger partial charge in [-0.3, -0.25) is 28.6 Å². The van der Waals surface area contributed by atoms with Crippen molar-refractivity contribution in [1.29, 1.82) is 0 Å². The lowest BCUT2D eigenvalue weighted by Gasteiger charge is -2.32. The van der Waals surface area contributed by atoms with Crippen LogP contribution in [0, 0.1) is 17.8 Å². The molecule has 2 aromatic carbocycles. The van der Waals surface area contributed by atoms with Gasteiger partial charge in [0.25, 0.3) is 11.8 Å². The number of phenolic OH excluding ortho intramolecular Hbond substituents is 1. The van der Waals surface area contributed by atoms with Gasteiger partial charge in [0.1, 0.15) is 18.1 Å². The van der Waals surface area contributed by atoms with Crippen LogP contribution in [0.3, 0.4) is 0 Å². The summed E-state index contributed by atoms with van der Waals surface area (Å²) in [5.74, 6) is -2.76. The lowest BCUT2D eigenvalue weighted by Crippen LogP contribution is -2.49. The number of halogens is 1. The molecular formula is C29H39BrN3O7P. The summed E-state index contributed by atoms with van der Waals surface area (Å²) in [6, 6.07) is 5.45. The molecule has 1 heterocycles. The largest absolute Gasteiger partial charge is 0.506 e. The fraction of sp³-hybridized carbons (Fsp3) is 0.517. The number of aromatic hydroxyl groups is 1. The second-order valence-corrected chi connectivity index (χ2v) is 14.6. The third kappa shape index (κ3) is 7.37. The standard InChI is InChI=1S/C29H39BrN3O7P/c1-7-40-41(39,14-18(11-16(2)3)26(35)32-23(12-17(4)5)27(36)31-6)15-33-28(37)20-10-8-9-19-24(20)21(29(33)38)13-22(30)25(19)34/h8-10,13,16-18,23,34H,7,11-12,14-15H2,1-6H3,(H,31,36)(H,32,35)/t18?,23-,41?/m0/s1. The van der Waals surface area contributed by atoms with Crippen LogP contribution in [0.4, 0.5) is 0 Å². The fourth-order valence-electron chi connectivity index (χ4n) is 5.23. The first-order valence-electron chi connectivity index (χ1n) is 13.8. The smallest absolute Gasteiger partial charge is 0.261 e. The molecule has 1 aliphatic rings. The second kappa shape index (κ2) is 13.5. The van der Waals surface area contributed by atoms with Gasteiger partial charge in [-0.05, 0) is 59.7 Å². The Kier molecular flexibility index (Phi) is 10.8. The van der Waals surface area contributed by atoms with Crippen molar-refractivity contribution >= 4 is 57.7 Å². The van der Waals surface area contributed by atoms with E-state index >= 15 is 0 Å². The molecule has 4 amide bonds. The molecule has 0 saturated carbocycles. The summed E-state index contributed by atoms with van der Waals surface area (Å²) in [4.78, 5) is 54.1. The molecular weight excluding hydrogens is 613 g/mol. The highest BCUT2D eigenvalue weighted by molar-refractivity contribution is 9.10. The molecule has 3 atom stereocenters. The fourth-order valence-corrected chi connectivity index (χ4v) is 8.12. The van der Waals surface area contributed by atoms with Gasteiger partial charge < -0.3 is 20.3 Å². The van der Waals surface area contributed by atoms with Gasteiger partial charge in [-0.15, -0.1) is 0 Å². The van der Waals surface area contributed by atoms with Gasteiger partial charge in [0, 0.05) is 35.5 Å². The molecule has 0 aliphatic carbocycles. The number of carbonyl (C=O) groups is 4. The topological polar surface area (TPSA) is 142 Å². The Bertz CT molecular complexity index is 1390. The zero-order valence-corrected chi connectivity index (χ0v) is 26.8. The van der Waals surface area contributed by atoms with Crippen molar-refractivity contribution in [3.05, 3.63) is 39.9 Å². The predicted octanol–water partition coefficient (Wildman–Crippen LogP) is 5.12. The molecule has 0 spiro atoms. The van der Waals surface area contributed by atoms with Crippen LogP contribution in [0.25, 0.3) is 10.8 Å². The Labute approximate surface area is 249 Å². The molecule has 1 aliphatic heterocycles. The number of amides is 4. The van der Waals surface area contributed by atoms with Crippen LogP contribution in [0.5, 0.6) is 5.75 Å². The zero-order valence-electron chi connectivity index (χ0n) is 24.3. The highest BCUT2D eigenvalue weighted by atomic mass is 79.9. The van der Waals surface area contributed by atoms with Crippen LogP contribution in [-0.2, 0) is 18.7 Å². The molecule has 3 rings (SSSR count).